The van der Waals surface area contributed by atoms with E-state index in [1.807, 2.05) is 0 Å². The normalized spacial score (nSPS) is 16.3. The van der Waals surface area contributed by atoms with Crippen LogP contribution < -0.4 is 68.9 Å². The topological polar surface area (TPSA) is 150 Å². The number of carbonyl (C=O) groups is 1. The molecule has 0 fully saturated rings. The largest absolute Gasteiger partial charge is 1.00 e. The summed E-state index contributed by atoms with van der Waals surface area (Å²) in [7, 11) is -5.24. The second-order valence-corrected chi connectivity index (χ2v) is 3.58. The number of phosphoric ester groups is 1. The Kier molecular flexibility index (Phi) is 15.1. The average Bonchev–Trinajstić information content (AvgIpc) is 2.10. The van der Waals surface area contributed by atoms with Gasteiger partial charge in [0, 0.05) is 0 Å². The van der Waals surface area contributed by atoms with Crippen molar-refractivity contribution in [2.24, 2.45) is 0 Å². The van der Waals surface area contributed by atoms with Gasteiger partial charge in [0.25, 0.3) is 0 Å². The van der Waals surface area contributed by atoms with E-state index in [4.69, 9.17) is 15.3 Å². The number of rotatable bonds is 6. The molecule has 0 heterocycles. The molecule has 0 amide bonds. The Bertz CT molecular complexity index is 232. The molecule has 0 saturated carbocycles. The van der Waals surface area contributed by atoms with Crippen LogP contribution in [0.2, 0.25) is 0 Å². The van der Waals surface area contributed by atoms with Crippen LogP contribution in [0.1, 0.15) is 0 Å². The van der Waals surface area contributed by atoms with Gasteiger partial charge in [-0.1, -0.05) is 0 Å². The van der Waals surface area contributed by atoms with Crippen molar-refractivity contribution in [3.05, 3.63) is 0 Å². The molecule has 0 aromatic carbocycles. The van der Waals surface area contributed by atoms with Crippen molar-refractivity contribution in [2.75, 3.05) is 6.61 Å². The van der Waals surface area contributed by atoms with Crippen molar-refractivity contribution in [2.45, 2.75) is 18.3 Å². The molecule has 3 atom stereocenters. The van der Waals surface area contributed by atoms with Crippen LogP contribution in [-0.2, 0) is 13.9 Å². The van der Waals surface area contributed by atoms with Crippen LogP contribution in [0.5, 0.6) is 0 Å². The molecule has 11 heteroatoms. The number of hydrogen-bond acceptors (Lipinski definition) is 8. The second-order valence-electron chi connectivity index (χ2n) is 2.43. The number of aliphatic hydroxyl groups excluding tert-OH is 3. The van der Waals surface area contributed by atoms with Gasteiger partial charge in [0.2, 0.25) is 0 Å². The maximum absolute atomic E-state index is 9.92. The standard InChI is InChI=1S/C5H11O8P.2Na/c6-1-3(7)5(9)4(8)2-13-14(10,11)12;;/h1,3-5,7-9H,2H2,(H2,10,11,12);;/q;2*+1/p-2/t3-,4+,5+;;/m0../s1. The minimum absolute atomic E-state index is 0. The van der Waals surface area contributed by atoms with Gasteiger partial charge in [0.15, 0.2) is 6.29 Å². The van der Waals surface area contributed by atoms with Crippen LogP contribution in [-0.4, -0.2) is 46.5 Å². The summed E-state index contributed by atoms with van der Waals surface area (Å²) < 4.78 is 13.5. The Morgan fingerprint density at radius 3 is 2.00 bits per heavy atom. The molecule has 0 rings (SSSR count). The van der Waals surface area contributed by atoms with E-state index >= 15 is 0 Å². The van der Waals surface area contributed by atoms with E-state index in [9.17, 15) is 19.1 Å². The summed E-state index contributed by atoms with van der Waals surface area (Å²) in [6.45, 7) is -1.02. The maximum Gasteiger partial charge on any atom is 1.00 e. The quantitative estimate of drug-likeness (QED) is 0.245. The molecule has 0 spiro atoms. The predicted octanol–water partition coefficient (Wildman–Crippen LogP) is -9.88. The summed E-state index contributed by atoms with van der Waals surface area (Å²) in [6, 6.07) is 0. The number of phosphoric acid groups is 1. The Balaban J connectivity index is -0.000000845. The van der Waals surface area contributed by atoms with Gasteiger partial charge in [-0.05, 0) is 0 Å². The third-order valence-electron chi connectivity index (χ3n) is 1.29. The SMILES string of the molecule is O=C[C@H](O)[C@@H](O)[C@H](O)COP(=O)([O-])[O-].[Na+].[Na+]. The van der Waals surface area contributed by atoms with Crippen LogP contribution in [0, 0.1) is 0 Å². The molecular weight excluding hydrogens is 265 g/mol. The van der Waals surface area contributed by atoms with Crippen LogP contribution in [0.15, 0.2) is 0 Å². The summed E-state index contributed by atoms with van der Waals surface area (Å²) in [6.07, 6.45) is -5.67. The molecule has 84 valence electrons. The van der Waals surface area contributed by atoms with Crippen LogP contribution in [0.3, 0.4) is 0 Å². The van der Waals surface area contributed by atoms with Crippen LogP contribution in [0.25, 0.3) is 0 Å². The summed E-state index contributed by atoms with van der Waals surface area (Å²) >= 11 is 0. The summed E-state index contributed by atoms with van der Waals surface area (Å²) in [5, 5.41) is 26.4. The van der Waals surface area contributed by atoms with Crippen molar-refractivity contribution in [3.63, 3.8) is 0 Å². The van der Waals surface area contributed by atoms with Gasteiger partial charge in [-0.15, -0.1) is 0 Å². The molecule has 3 N–H and O–H groups in total. The van der Waals surface area contributed by atoms with Gasteiger partial charge in [0.1, 0.15) is 18.3 Å². The minimum atomic E-state index is -5.24. The first-order chi connectivity index (χ1) is 6.28. The van der Waals surface area contributed by atoms with E-state index in [1.165, 1.54) is 0 Å². The van der Waals surface area contributed by atoms with E-state index in [0.29, 0.717) is 0 Å². The molecular formula is C5H9Na2O8P. The van der Waals surface area contributed by atoms with Crippen molar-refractivity contribution in [1.29, 1.82) is 0 Å². The van der Waals surface area contributed by atoms with Gasteiger partial charge in [-0.2, -0.15) is 0 Å². The van der Waals surface area contributed by atoms with E-state index in [2.05, 4.69) is 4.52 Å². The Morgan fingerprint density at radius 1 is 1.25 bits per heavy atom. The van der Waals surface area contributed by atoms with Gasteiger partial charge in [0.05, 0.1) is 14.4 Å². The fourth-order valence-electron chi connectivity index (χ4n) is 0.574. The molecule has 8 nitrogen and oxygen atoms in total. The molecule has 16 heavy (non-hydrogen) atoms. The number of aliphatic hydroxyl groups is 3. The van der Waals surface area contributed by atoms with Gasteiger partial charge in [-0.25, -0.2) is 0 Å². The van der Waals surface area contributed by atoms with Crippen molar-refractivity contribution >= 4 is 14.1 Å². The second kappa shape index (κ2) is 10.6. The fourth-order valence-corrected chi connectivity index (χ4v) is 0.910. The Labute approximate surface area is 136 Å². The van der Waals surface area contributed by atoms with Gasteiger partial charge < -0.3 is 39.0 Å². The van der Waals surface area contributed by atoms with Crippen molar-refractivity contribution in [1.82, 2.24) is 0 Å². The smallest absolute Gasteiger partial charge is 0.790 e. The zero-order chi connectivity index (χ0) is 11.4. The molecule has 0 bridgehead atoms. The minimum Gasteiger partial charge on any atom is -0.790 e. The molecule has 0 aliphatic carbocycles. The number of carbonyl (C=O) groups excluding carboxylic acids is 1. The fraction of sp³-hybridized carbons (Fsp3) is 0.800. The average molecular weight is 274 g/mol. The molecule has 0 aromatic rings. The first-order valence-corrected chi connectivity index (χ1v) is 4.90. The molecule has 0 unspecified atom stereocenters. The zero-order valence-electron chi connectivity index (χ0n) is 8.85. The van der Waals surface area contributed by atoms with Gasteiger partial charge >= 0.3 is 59.1 Å². The molecule has 0 aromatic heterocycles. The summed E-state index contributed by atoms with van der Waals surface area (Å²) in [5.74, 6) is 0. The number of hydrogen-bond donors (Lipinski definition) is 3. The summed E-state index contributed by atoms with van der Waals surface area (Å²) in [5.41, 5.74) is 0. The van der Waals surface area contributed by atoms with E-state index in [1.54, 1.807) is 0 Å². The molecule has 0 aliphatic rings. The first-order valence-electron chi connectivity index (χ1n) is 3.44. The molecule has 0 saturated heterocycles. The van der Waals surface area contributed by atoms with E-state index in [0.717, 1.165) is 0 Å². The summed E-state index contributed by atoms with van der Waals surface area (Å²) in [4.78, 5) is 29.8. The zero-order valence-corrected chi connectivity index (χ0v) is 13.7. The number of aldehydes is 1. The van der Waals surface area contributed by atoms with Crippen LogP contribution >= 0.6 is 7.82 Å². The predicted molar refractivity (Wildman–Crippen MR) is 37.6 cm³/mol. The third-order valence-corrected chi connectivity index (χ3v) is 1.75. The molecule has 0 radical (unpaired) electrons. The molecule has 0 aliphatic heterocycles. The first kappa shape index (κ1) is 22.8. The Hall–Kier alpha value is 1.66. The van der Waals surface area contributed by atoms with Crippen molar-refractivity contribution < 1.29 is 98.1 Å². The van der Waals surface area contributed by atoms with Crippen LogP contribution in [0.4, 0.5) is 0 Å². The van der Waals surface area contributed by atoms with E-state index in [-0.39, 0.29) is 65.4 Å². The van der Waals surface area contributed by atoms with Crippen molar-refractivity contribution in [3.8, 4) is 0 Å². The third kappa shape index (κ3) is 10.8. The van der Waals surface area contributed by atoms with Gasteiger partial charge in [-0.3, -0.25) is 0 Å². The monoisotopic (exact) mass is 274 g/mol. The van der Waals surface area contributed by atoms with E-state index < -0.39 is 32.7 Å². The Morgan fingerprint density at radius 2 is 1.69 bits per heavy atom. The maximum atomic E-state index is 9.92.